The molecule has 0 bridgehead atoms. The first-order valence-electron chi connectivity index (χ1n) is 5.69. The number of hydrogen-bond donors (Lipinski definition) is 1. The van der Waals surface area contributed by atoms with E-state index in [-0.39, 0.29) is 17.2 Å². The van der Waals surface area contributed by atoms with E-state index in [9.17, 15) is 9.18 Å². The van der Waals surface area contributed by atoms with Crippen molar-refractivity contribution in [2.24, 2.45) is 5.73 Å². The molecule has 0 heterocycles. The van der Waals surface area contributed by atoms with Crippen LogP contribution in [0.15, 0.2) is 18.2 Å². The smallest absolute Gasteiger partial charge is 0.156 e. The fourth-order valence-electron chi connectivity index (χ4n) is 1.66. The van der Waals surface area contributed by atoms with Crippen LogP contribution in [-0.2, 0) is 11.2 Å². The third kappa shape index (κ3) is 3.27. The van der Waals surface area contributed by atoms with Gasteiger partial charge in [-0.05, 0) is 30.5 Å². The van der Waals surface area contributed by atoms with Crippen molar-refractivity contribution in [3.8, 4) is 0 Å². The van der Waals surface area contributed by atoms with Gasteiger partial charge in [-0.2, -0.15) is 0 Å². The highest BCUT2D eigenvalue weighted by Gasteiger charge is 2.29. The average Bonchev–Trinajstić information content (AvgIpc) is 2.32. The highest BCUT2D eigenvalue weighted by Crippen LogP contribution is 2.20. The van der Waals surface area contributed by atoms with E-state index in [0.717, 1.165) is 0 Å². The minimum Gasteiger partial charge on any atom is -0.319 e. The van der Waals surface area contributed by atoms with Crippen LogP contribution in [-0.4, -0.2) is 11.3 Å². The van der Waals surface area contributed by atoms with E-state index >= 15 is 0 Å². The first-order chi connectivity index (χ1) is 7.92. The van der Waals surface area contributed by atoms with E-state index in [1.54, 1.807) is 6.07 Å². The van der Waals surface area contributed by atoms with Gasteiger partial charge in [0.2, 0.25) is 0 Å². The summed E-state index contributed by atoms with van der Waals surface area (Å²) >= 11 is 5.66. The number of carbonyl (C=O) groups excluding carboxylic acids is 1. The lowest BCUT2D eigenvalue weighted by molar-refractivity contribution is -0.123. The van der Waals surface area contributed by atoms with Crippen LogP contribution in [0.1, 0.15) is 32.3 Å². The molecule has 0 aliphatic heterocycles. The van der Waals surface area contributed by atoms with Gasteiger partial charge < -0.3 is 5.73 Å². The molecule has 4 heteroatoms. The van der Waals surface area contributed by atoms with Crippen LogP contribution in [0.5, 0.6) is 0 Å². The lowest BCUT2D eigenvalue weighted by Crippen LogP contribution is -2.47. The summed E-state index contributed by atoms with van der Waals surface area (Å²) in [7, 11) is 0. The van der Waals surface area contributed by atoms with E-state index in [4.69, 9.17) is 17.3 Å². The number of ketones is 1. The third-order valence-electron chi connectivity index (χ3n) is 3.17. The molecule has 1 aromatic rings. The van der Waals surface area contributed by atoms with E-state index in [1.165, 1.54) is 12.1 Å². The topological polar surface area (TPSA) is 43.1 Å². The van der Waals surface area contributed by atoms with Crippen molar-refractivity contribution >= 4 is 17.4 Å². The van der Waals surface area contributed by atoms with Gasteiger partial charge in [-0.25, -0.2) is 4.39 Å². The zero-order valence-electron chi connectivity index (χ0n) is 10.1. The Morgan fingerprint density at radius 2 is 2.00 bits per heavy atom. The molecule has 1 aromatic carbocycles. The van der Waals surface area contributed by atoms with Gasteiger partial charge in [0.25, 0.3) is 0 Å². The van der Waals surface area contributed by atoms with E-state index in [2.05, 4.69) is 0 Å². The minimum atomic E-state index is -0.791. The molecule has 0 radical (unpaired) electrons. The maximum Gasteiger partial charge on any atom is 0.156 e. The molecule has 0 amide bonds. The first-order valence-corrected chi connectivity index (χ1v) is 6.07. The Bertz CT molecular complexity index is 416. The summed E-state index contributed by atoms with van der Waals surface area (Å²) in [5, 5.41) is 0.0333. The molecule has 0 saturated carbocycles. The number of hydrogen-bond acceptors (Lipinski definition) is 2. The average molecular weight is 258 g/mol. The first kappa shape index (κ1) is 14.1. The van der Waals surface area contributed by atoms with Crippen LogP contribution in [0, 0.1) is 5.82 Å². The fourth-order valence-corrected chi connectivity index (χ4v) is 1.86. The summed E-state index contributed by atoms with van der Waals surface area (Å²) in [5.74, 6) is -0.516. The Morgan fingerprint density at radius 3 is 2.47 bits per heavy atom. The normalized spacial score (nSPS) is 11.6. The van der Waals surface area contributed by atoms with Crippen LogP contribution >= 0.6 is 11.6 Å². The largest absolute Gasteiger partial charge is 0.319 e. The Labute approximate surface area is 106 Å². The Morgan fingerprint density at radius 1 is 1.41 bits per heavy atom. The molecular formula is C13H17ClFNO. The predicted molar refractivity (Wildman–Crippen MR) is 67.6 cm³/mol. The van der Waals surface area contributed by atoms with Crippen LogP contribution in [0.25, 0.3) is 0 Å². The quantitative estimate of drug-likeness (QED) is 0.881. The maximum atomic E-state index is 13.0. The lowest BCUT2D eigenvalue weighted by atomic mass is 9.86. The second kappa shape index (κ2) is 5.61. The number of halogens is 2. The fraction of sp³-hybridized carbons (Fsp3) is 0.462. The standard InChI is InChI=1S/C13H17ClFNO/c1-3-13(16,4-2)12(17)8-9-5-6-11(15)10(14)7-9/h5-7H,3-4,8,16H2,1-2H3. The highest BCUT2D eigenvalue weighted by atomic mass is 35.5. The molecule has 0 aliphatic carbocycles. The summed E-state index contributed by atoms with van der Waals surface area (Å²) in [5.41, 5.74) is 5.90. The molecule has 0 saturated heterocycles. The van der Waals surface area contributed by atoms with Crippen LogP contribution in [0.2, 0.25) is 5.02 Å². The van der Waals surface area contributed by atoms with Gasteiger partial charge in [-0.3, -0.25) is 4.79 Å². The predicted octanol–water partition coefficient (Wildman–Crippen LogP) is 3.11. The van der Waals surface area contributed by atoms with Gasteiger partial charge >= 0.3 is 0 Å². The molecule has 0 atom stereocenters. The van der Waals surface area contributed by atoms with Crippen molar-refractivity contribution < 1.29 is 9.18 Å². The monoisotopic (exact) mass is 257 g/mol. The van der Waals surface area contributed by atoms with Crippen molar-refractivity contribution in [3.05, 3.63) is 34.6 Å². The van der Waals surface area contributed by atoms with E-state index < -0.39 is 11.4 Å². The van der Waals surface area contributed by atoms with Crippen LogP contribution in [0.4, 0.5) is 4.39 Å². The van der Waals surface area contributed by atoms with E-state index in [0.29, 0.717) is 18.4 Å². The van der Waals surface area contributed by atoms with E-state index in [1.807, 2.05) is 13.8 Å². The molecule has 94 valence electrons. The molecule has 2 nitrogen and oxygen atoms in total. The molecule has 2 N–H and O–H groups in total. The van der Waals surface area contributed by atoms with Crippen molar-refractivity contribution in [3.63, 3.8) is 0 Å². The Balaban J connectivity index is 2.84. The summed E-state index contributed by atoms with van der Waals surface area (Å²) in [6.07, 6.45) is 1.38. The van der Waals surface area contributed by atoms with Gasteiger partial charge in [0, 0.05) is 6.42 Å². The van der Waals surface area contributed by atoms with Crippen LogP contribution < -0.4 is 5.73 Å². The molecule has 0 aliphatic rings. The SMILES string of the molecule is CCC(N)(CC)C(=O)Cc1ccc(F)c(Cl)c1. The zero-order valence-corrected chi connectivity index (χ0v) is 10.9. The van der Waals surface area contributed by atoms with Crippen molar-refractivity contribution in [1.29, 1.82) is 0 Å². The maximum absolute atomic E-state index is 13.0. The number of nitrogens with two attached hydrogens (primary N) is 1. The minimum absolute atomic E-state index is 0.0333. The second-order valence-corrected chi connectivity index (χ2v) is 4.62. The number of benzene rings is 1. The van der Waals surface area contributed by atoms with Gasteiger partial charge in [0.15, 0.2) is 5.78 Å². The van der Waals surface area contributed by atoms with Gasteiger partial charge in [-0.1, -0.05) is 31.5 Å². The number of rotatable bonds is 5. The highest BCUT2D eigenvalue weighted by molar-refractivity contribution is 6.30. The summed E-state index contributed by atoms with van der Waals surface area (Å²) in [6, 6.07) is 4.30. The van der Waals surface area contributed by atoms with Gasteiger partial charge in [-0.15, -0.1) is 0 Å². The number of Topliss-reactive ketones (excluding diaryl/α,β-unsaturated/α-hetero) is 1. The molecular weight excluding hydrogens is 241 g/mol. The van der Waals surface area contributed by atoms with Crippen molar-refractivity contribution in [1.82, 2.24) is 0 Å². The zero-order chi connectivity index (χ0) is 13.1. The molecule has 1 rings (SSSR count). The molecule has 0 aromatic heterocycles. The summed E-state index contributed by atoms with van der Waals surface area (Å²) in [6.45, 7) is 3.78. The summed E-state index contributed by atoms with van der Waals surface area (Å²) < 4.78 is 13.0. The Hall–Kier alpha value is -0.930. The van der Waals surface area contributed by atoms with Crippen LogP contribution in [0.3, 0.4) is 0 Å². The van der Waals surface area contributed by atoms with Crippen molar-refractivity contribution in [2.75, 3.05) is 0 Å². The summed E-state index contributed by atoms with van der Waals surface area (Å²) in [4.78, 5) is 12.0. The van der Waals surface area contributed by atoms with Crippen molar-refractivity contribution in [2.45, 2.75) is 38.6 Å². The lowest BCUT2D eigenvalue weighted by Gasteiger charge is -2.24. The second-order valence-electron chi connectivity index (χ2n) is 4.21. The molecule has 17 heavy (non-hydrogen) atoms. The molecule has 0 spiro atoms. The van der Waals surface area contributed by atoms with Gasteiger partial charge in [0.1, 0.15) is 5.82 Å². The third-order valence-corrected chi connectivity index (χ3v) is 3.46. The Kier molecular flexibility index (Phi) is 4.66. The number of carbonyl (C=O) groups is 1. The molecule has 0 unspecified atom stereocenters. The molecule has 0 fully saturated rings. The van der Waals surface area contributed by atoms with Gasteiger partial charge in [0.05, 0.1) is 10.6 Å².